The summed E-state index contributed by atoms with van der Waals surface area (Å²) in [7, 11) is 0. The molecule has 0 radical (unpaired) electrons. The molecule has 1 aliphatic rings. The molecule has 0 saturated carbocycles. The van der Waals surface area contributed by atoms with Crippen LogP contribution >= 0.6 is 0 Å². The van der Waals surface area contributed by atoms with Gasteiger partial charge >= 0.3 is 0 Å². The van der Waals surface area contributed by atoms with E-state index in [0.717, 1.165) is 30.9 Å². The molecule has 3 nitrogen and oxygen atoms in total. The van der Waals surface area contributed by atoms with E-state index in [0.29, 0.717) is 0 Å². The molecule has 5 rings (SSSR count). The lowest BCUT2D eigenvalue weighted by molar-refractivity contribution is 0.645. The largest absolute Gasteiger partial charge is 0.354 e. The van der Waals surface area contributed by atoms with E-state index in [-0.39, 0.29) is 0 Å². The molecule has 0 fully saturated rings. The molecule has 1 aliphatic heterocycles. The zero-order valence-electron chi connectivity index (χ0n) is 16.7. The van der Waals surface area contributed by atoms with Crippen LogP contribution in [0.25, 0.3) is 33.3 Å². The first kappa shape index (κ1) is 17.2. The Labute approximate surface area is 165 Å². The van der Waals surface area contributed by atoms with Crippen molar-refractivity contribution in [1.82, 2.24) is 15.3 Å². The molecule has 0 bridgehead atoms. The summed E-state index contributed by atoms with van der Waals surface area (Å²) in [6, 6.07) is 17.9. The van der Waals surface area contributed by atoms with Crippen LogP contribution in [0.5, 0.6) is 0 Å². The second-order valence-electron chi connectivity index (χ2n) is 7.89. The minimum Gasteiger partial charge on any atom is -0.354 e. The minimum absolute atomic E-state index is 0.970. The van der Waals surface area contributed by atoms with Gasteiger partial charge in [-0.1, -0.05) is 30.3 Å². The summed E-state index contributed by atoms with van der Waals surface area (Å²) in [4.78, 5) is 8.20. The van der Waals surface area contributed by atoms with Crippen molar-refractivity contribution in [3.63, 3.8) is 0 Å². The Bertz CT molecular complexity index is 1180. The summed E-state index contributed by atoms with van der Waals surface area (Å²) in [6.45, 7) is 8.34. The Morgan fingerprint density at radius 1 is 0.893 bits per heavy atom. The number of fused-ring (bicyclic) bond motifs is 2. The summed E-state index contributed by atoms with van der Waals surface area (Å²) in [5.41, 5.74) is 12.6. The number of pyridine rings is 1. The number of hydrogen-bond donors (Lipinski definition) is 2. The van der Waals surface area contributed by atoms with E-state index in [1.165, 1.54) is 50.0 Å². The number of H-pyrrole nitrogens is 1. The zero-order valence-corrected chi connectivity index (χ0v) is 16.7. The Hall–Kier alpha value is -2.91. The first-order valence-electron chi connectivity index (χ1n) is 10.00. The van der Waals surface area contributed by atoms with E-state index in [1.54, 1.807) is 0 Å². The average Bonchev–Trinajstić information content (AvgIpc) is 3.03. The molecule has 0 atom stereocenters. The van der Waals surface area contributed by atoms with Gasteiger partial charge in [0.05, 0.1) is 0 Å². The molecule has 2 aromatic carbocycles. The topological polar surface area (TPSA) is 40.7 Å². The number of nitrogens with one attached hydrogen (secondary N) is 2. The quantitative estimate of drug-likeness (QED) is 0.493. The molecule has 3 heterocycles. The molecule has 2 N–H and O–H groups in total. The number of aromatic amines is 1. The fraction of sp³-hybridized carbons (Fsp3) is 0.240. The summed E-state index contributed by atoms with van der Waals surface area (Å²) < 4.78 is 0. The fourth-order valence-electron chi connectivity index (χ4n) is 4.58. The molecule has 0 spiro atoms. The van der Waals surface area contributed by atoms with Crippen LogP contribution in [0.3, 0.4) is 0 Å². The third-order valence-corrected chi connectivity index (χ3v) is 5.88. The van der Waals surface area contributed by atoms with Gasteiger partial charge in [0.25, 0.3) is 0 Å². The molecule has 3 heteroatoms. The van der Waals surface area contributed by atoms with Crippen molar-refractivity contribution in [2.45, 2.75) is 33.7 Å². The molecular weight excluding hydrogens is 342 g/mol. The van der Waals surface area contributed by atoms with E-state index >= 15 is 0 Å². The molecule has 0 saturated heterocycles. The number of hydrogen-bond acceptors (Lipinski definition) is 2. The maximum Gasteiger partial charge on any atom is 0.0495 e. The molecule has 0 amide bonds. The molecular formula is C25H25N3. The Balaban J connectivity index is 1.65. The molecule has 28 heavy (non-hydrogen) atoms. The lowest BCUT2D eigenvalue weighted by Gasteiger charge is -2.20. The number of aryl methyl sites for hydroxylation is 3. The zero-order chi connectivity index (χ0) is 19.3. The minimum atomic E-state index is 0.970. The number of aromatic nitrogens is 2. The summed E-state index contributed by atoms with van der Waals surface area (Å²) in [5.74, 6) is 0. The highest BCUT2D eigenvalue weighted by atomic mass is 14.9. The molecule has 4 aromatic rings. The van der Waals surface area contributed by atoms with Gasteiger partial charge in [0.2, 0.25) is 0 Å². The molecule has 2 aromatic heterocycles. The molecule has 0 unspecified atom stereocenters. The monoisotopic (exact) mass is 367 g/mol. The fourth-order valence-corrected chi connectivity index (χ4v) is 4.58. The van der Waals surface area contributed by atoms with Crippen LogP contribution in [0.15, 0.2) is 48.5 Å². The lowest BCUT2D eigenvalue weighted by atomic mass is 9.91. The number of rotatable bonds is 2. The standard InChI is InChI=1S/C25H25N3/c1-15-11-20(12-16(2)27-15)25-17(3)21-8-7-18(13-24(21)28-25)22-6-4-5-19-14-26-10-9-23(19)22/h4-8,11-13,26,28H,9-10,14H2,1-3H3. The Morgan fingerprint density at radius 3 is 2.54 bits per heavy atom. The maximum atomic E-state index is 4.52. The van der Waals surface area contributed by atoms with E-state index in [9.17, 15) is 0 Å². The van der Waals surface area contributed by atoms with Crippen LogP contribution < -0.4 is 5.32 Å². The van der Waals surface area contributed by atoms with Gasteiger partial charge in [0.1, 0.15) is 0 Å². The van der Waals surface area contributed by atoms with Crippen molar-refractivity contribution in [2.75, 3.05) is 6.54 Å². The van der Waals surface area contributed by atoms with Crippen LogP contribution in [0.2, 0.25) is 0 Å². The van der Waals surface area contributed by atoms with E-state index < -0.39 is 0 Å². The van der Waals surface area contributed by atoms with Crippen LogP contribution in [0.4, 0.5) is 0 Å². The highest BCUT2D eigenvalue weighted by Crippen LogP contribution is 2.34. The summed E-state index contributed by atoms with van der Waals surface area (Å²) >= 11 is 0. The Morgan fingerprint density at radius 2 is 1.71 bits per heavy atom. The molecule has 0 aliphatic carbocycles. The number of benzene rings is 2. The van der Waals surface area contributed by atoms with Gasteiger partial charge in [0, 0.05) is 40.1 Å². The first-order valence-corrected chi connectivity index (χ1v) is 10.00. The highest BCUT2D eigenvalue weighted by Gasteiger charge is 2.16. The first-order chi connectivity index (χ1) is 13.6. The SMILES string of the molecule is Cc1cc(-c2[nH]c3cc(-c4cccc5c4CCNC5)ccc3c2C)cc(C)n1. The van der Waals surface area contributed by atoms with Crippen molar-refractivity contribution in [1.29, 1.82) is 0 Å². The lowest BCUT2D eigenvalue weighted by Crippen LogP contribution is -2.23. The van der Waals surface area contributed by atoms with Crippen LogP contribution in [0, 0.1) is 20.8 Å². The van der Waals surface area contributed by atoms with Gasteiger partial charge in [-0.25, -0.2) is 0 Å². The van der Waals surface area contributed by atoms with Gasteiger partial charge in [-0.05, 0) is 79.8 Å². The van der Waals surface area contributed by atoms with Gasteiger partial charge in [-0.3, -0.25) is 4.98 Å². The van der Waals surface area contributed by atoms with Crippen molar-refractivity contribution in [2.24, 2.45) is 0 Å². The van der Waals surface area contributed by atoms with E-state index in [4.69, 9.17) is 0 Å². The Kier molecular flexibility index (Phi) is 4.06. The average molecular weight is 367 g/mol. The normalized spacial score (nSPS) is 13.7. The third kappa shape index (κ3) is 2.83. The summed E-state index contributed by atoms with van der Waals surface area (Å²) in [5, 5.41) is 4.77. The van der Waals surface area contributed by atoms with Crippen molar-refractivity contribution in [3.05, 3.63) is 76.6 Å². The van der Waals surface area contributed by atoms with Crippen LogP contribution in [0.1, 0.15) is 28.1 Å². The van der Waals surface area contributed by atoms with Crippen molar-refractivity contribution >= 4 is 10.9 Å². The third-order valence-electron chi connectivity index (χ3n) is 5.88. The summed E-state index contributed by atoms with van der Waals surface area (Å²) in [6.07, 6.45) is 1.09. The second kappa shape index (κ2) is 6.61. The van der Waals surface area contributed by atoms with Gasteiger partial charge < -0.3 is 10.3 Å². The van der Waals surface area contributed by atoms with Crippen LogP contribution in [-0.4, -0.2) is 16.5 Å². The smallest absolute Gasteiger partial charge is 0.0495 e. The van der Waals surface area contributed by atoms with Gasteiger partial charge in [0.15, 0.2) is 0 Å². The highest BCUT2D eigenvalue weighted by molar-refractivity contribution is 5.93. The predicted molar refractivity (Wildman–Crippen MR) is 117 cm³/mol. The van der Waals surface area contributed by atoms with Crippen molar-refractivity contribution in [3.8, 4) is 22.4 Å². The molecule has 140 valence electrons. The van der Waals surface area contributed by atoms with E-state index in [1.807, 2.05) is 0 Å². The van der Waals surface area contributed by atoms with E-state index in [2.05, 4.69) is 84.6 Å². The van der Waals surface area contributed by atoms with Gasteiger partial charge in [-0.2, -0.15) is 0 Å². The maximum absolute atomic E-state index is 4.52. The van der Waals surface area contributed by atoms with Gasteiger partial charge in [-0.15, -0.1) is 0 Å². The van der Waals surface area contributed by atoms with Crippen molar-refractivity contribution < 1.29 is 0 Å². The number of nitrogens with zero attached hydrogens (tertiary/aromatic N) is 1. The predicted octanol–water partition coefficient (Wildman–Crippen LogP) is 5.47. The van der Waals surface area contributed by atoms with Crippen LogP contribution in [-0.2, 0) is 13.0 Å². The second-order valence-corrected chi connectivity index (χ2v) is 7.89.